The maximum atomic E-state index is 13.2. The molecule has 1 atom stereocenters. The lowest BCUT2D eigenvalue weighted by Gasteiger charge is -2.36. The third-order valence-corrected chi connectivity index (χ3v) is 11.4. The normalized spacial score (nSPS) is 17.4. The Morgan fingerprint density at radius 1 is 0.915 bits per heavy atom. The molecular weight excluding hydrogens is 751 g/mol. The lowest BCUT2D eigenvalue weighted by atomic mass is 10.0. The number of piperidine rings is 1. The van der Waals surface area contributed by atoms with Gasteiger partial charge in [0, 0.05) is 89.0 Å². The van der Waals surface area contributed by atoms with E-state index in [1.165, 1.54) is 4.90 Å². The van der Waals surface area contributed by atoms with Gasteiger partial charge >= 0.3 is 0 Å². The highest BCUT2D eigenvalue weighted by molar-refractivity contribution is 6.13. The molecule has 5 heterocycles. The van der Waals surface area contributed by atoms with Crippen LogP contribution in [0.1, 0.15) is 70.4 Å². The van der Waals surface area contributed by atoms with Crippen LogP contribution in [0.15, 0.2) is 66.9 Å². The minimum atomic E-state index is -0.665. The minimum Gasteiger partial charge on any atom is -0.494 e. The second kappa shape index (κ2) is 16.5. The first-order chi connectivity index (χ1) is 28.6. The van der Waals surface area contributed by atoms with Gasteiger partial charge in [-0.15, -0.1) is 0 Å². The average Bonchev–Trinajstić information content (AvgIpc) is 3.56. The summed E-state index contributed by atoms with van der Waals surface area (Å²) in [6.07, 6.45) is 4.73. The number of methoxy groups -OCH3 is 1. The lowest BCUT2D eigenvalue weighted by Crippen LogP contribution is -2.52. The van der Waals surface area contributed by atoms with Gasteiger partial charge in [0.2, 0.25) is 23.7 Å². The van der Waals surface area contributed by atoms with E-state index in [1.807, 2.05) is 59.3 Å². The zero-order valence-electron chi connectivity index (χ0n) is 33.3. The molecule has 302 valence electrons. The van der Waals surface area contributed by atoms with Crippen molar-refractivity contribution in [2.45, 2.75) is 51.1 Å². The van der Waals surface area contributed by atoms with Crippen LogP contribution in [0.25, 0.3) is 0 Å². The van der Waals surface area contributed by atoms with Crippen LogP contribution >= 0.6 is 0 Å². The fourth-order valence-electron chi connectivity index (χ4n) is 8.08. The first-order valence-corrected chi connectivity index (χ1v) is 19.8. The van der Waals surface area contributed by atoms with Crippen molar-refractivity contribution >= 4 is 64.1 Å². The summed E-state index contributed by atoms with van der Waals surface area (Å²) in [5.41, 5.74) is 5.72. The number of carbonyl (C=O) groups excluding carboxylic acids is 5. The van der Waals surface area contributed by atoms with Crippen LogP contribution in [-0.2, 0) is 20.9 Å². The smallest absolute Gasteiger partial charge is 0.260 e. The molecule has 1 aromatic heterocycles. The van der Waals surface area contributed by atoms with Gasteiger partial charge in [0.25, 0.3) is 11.8 Å². The van der Waals surface area contributed by atoms with Crippen LogP contribution in [0.2, 0.25) is 0 Å². The summed E-state index contributed by atoms with van der Waals surface area (Å²) in [6, 6.07) is 18.1. The Labute approximate surface area is 342 Å². The van der Waals surface area contributed by atoms with Crippen molar-refractivity contribution in [1.82, 2.24) is 25.1 Å². The van der Waals surface area contributed by atoms with Gasteiger partial charge in [0.05, 0.1) is 30.2 Å². The third-order valence-electron chi connectivity index (χ3n) is 11.4. The van der Waals surface area contributed by atoms with Gasteiger partial charge < -0.3 is 34.6 Å². The summed E-state index contributed by atoms with van der Waals surface area (Å²) in [4.78, 5) is 81.9. The topological polar surface area (TPSA) is 161 Å². The van der Waals surface area contributed by atoms with Gasteiger partial charge in [-0.3, -0.25) is 29.3 Å². The van der Waals surface area contributed by atoms with Gasteiger partial charge in [-0.1, -0.05) is 30.0 Å². The van der Waals surface area contributed by atoms with Crippen LogP contribution in [0.5, 0.6) is 5.75 Å². The molecule has 2 N–H and O–H groups in total. The number of aromatic nitrogens is 2. The molecule has 4 aromatic rings. The van der Waals surface area contributed by atoms with Gasteiger partial charge in [-0.25, -0.2) is 4.98 Å². The van der Waals surface area contributed by atoms with Crippen molar-refractivity contribution < 1.29 is 28.7 Å². The summed E-state index contributed by atoms with van der Waals surface area (Å²) in [7, 11) is 5.22. The fraction of sp³-hybridized carbons (Fsp3) is 0.341. The summed E-state index contributed by atoms with van der Waals surface area (Å²) in [5.74, 6) is 7.02. The predicted molar refractivity (Wildman–Crippen MR) is 222 cm³/mol. The monoisotopic (exact) mass is 795 g/mol. The number of ether oxygens (including phenoxy) is 1. The molecule has 0 bridgehead atoms. The van der Waals surface area contributed by atoms with Crippen LogP contribution < -0.4 is 30.1 Å². The fourth-order valence-corrected chi connectivity index (χ4v) is 8.08. The Bertz CT molecular complexity index is 2420. The number of hydrogen-bond donors (Lipinski definition) is 2. The minimum absolute atomic E-state index is 0.131. The summed E-state index contributed by atoms with van der Waals surface area (Å²) in [5, 5.41) is 5.63. The largest absolute Gasteiger partial charge is 0.494 e. The Morgan fingerprint density at radius 2 is 1.71 bits per heavy atom. The van der Waals surface area contributed by atoms with E-state index in [9.17, 15) is 24.0 Å². The number of benzene rings is 3. The molecule has 0 saturated carbocycles. The molecule has 4 aliphatic rings. The summed E-state index contributed by atoms with van der Waals surface area (Å²) >= 11 is 0. The molecule has 15 heteroatoms. The molecular formula is C44H45N9O6. The Hall–Kier alpha value is -6.95. The number of anilines is 6. The predicted octanol–water partition coefficient (Wildman–Crippen LogP) is 4.61. The number of rotatable bonds is 9. The quantitative estimate of drug-likeness (QED) is 0.138. The number of hydrogen-bond acceptors (Lipinski definition) is 11. The molecule has 0 spiro atoms. The van der Waals surface area contributed by atoms with Gasteiger partial charge in [-0.2, -0.15) is 4.98 Å². The highest BCUT2D eigenvalue weighted by Crippen LogP contribution is 2.39. The molecule has 2 saturated heterocycles. The van der Waals surface area contributed by atoms with Crippen LogP contribution in [0.4, 0.5) is 34.5 Å². The van der Waals surface area contributed by atoms with Crippen molar-refractivity contribution in [3.63, 3.8) is 0 Å². The number of piperazine rings is 1. The standard InChI is InChI=1S/C44H45N9O6/c1-49-34-15-9-8-13-31(34)42(57)50(2)36-26-45-44(48-40(36)49)46-33-18-17-29(25-37(33)59-3)51-21-23-52(24-22-51)39(55)16-7-5-4-6-11-28-12-10-14-30-32(28)27-53(43(30)58)35-19-20-38(54)47-41(35)56/h8-10,12-15,17-18,25-26,35H,4-5,7,16,19-24,27H2,1-3H3,(H,45,46,48)(H,47,54,56). The molecule has 8 rings (SSSR count). The molecule has 15 nitrogen and oxygen atoms in total. The molecule has 4 aliphatic heterocycles. The van der Waals surface area contributed by atoms with Crippen molar-refractivity contribution in [2.75, 3.05) is 67.4 Å². The van der Waals surface area contributed by atoms with Crippen LogP contribution in [-0.4, -0.2) is 103 Å². The maximum Gasteiger partial charge on any atom is 0.260 e. The molecule has 59 heavy (non-hydrogen) atoms. The number of fused-ring (bicyclic) bond motifs is 3. The lowest BCUT2D eigenvalue weighted by molar-refractivity contribution is -0.137. The maximum absolute atomic E-state index is 13.2. The summed E-state index contributed by atoms with van der Waals surface area (Å²) in [6.45, 7) is 2.89. The first-order valence-electron chi connectivity index (χ1n) is 19.8. The van der Waals surface area contributed by atoms with E-state index in [2.05, 4.69) is 32.4 Å². The number of amides is 5. The highest BCUT2D eigenvalue weighted by Gasteiger charge is 2.39. The second-order valence-corrected chi connectivity index (χ2v) is 15.0. The zero-order chi connectivity index (χ0) is 41.2. The number of imide groups is 1. The van der Waals surface area contributed by atoms with E-state index in [0.29, 0.717) is 85.5 Å². The molecule has 2 fully saturated rings. The number of carbonyl (C=O) groups is 5. The molecule has 0 radical (unpaired) electrons. The van der Waals surface area contributed by atoms with Gasteiger partial charge in [0.15, 0.2) is 5.82 Å². The molecule has 3 aromatic carbocycles. The number of nitrogens with one attached hydrogen (secondary N) is 2. The number of para-hydroxylation sites is 1. The number of nitrogens with zero attached hydrogens (tertiary/aromatic N) is 7. The van der Waals surface area contributed by atoms with Crippen LogP contribution in [0, 0.1) is 11.8 Å². The van der Waals surface area contributed by atoms with Gasteiger partial charge in [-0.05, 0) is 61.2 Å². The van der Waals surface area contributed by atoms with Gasteiger partial charge in [0.1, 0.15) is 17.5 Å². The van der Waals surface area contributed by atoms with E-state index in [0.717, 1.165) is 35.3 Å². The molecule has 5 amide bonds. The third kappa shape index (κ3) is 7.73. The summed E-state index contributed by atoms with van der Waals surface area (Å²) < 4.78 is 5.77. The molecule has 1 unspecified atom stereocenters. The first kappa shape index (κ1) is 38.9. The Morgan fingerprint density at radius 3 is 2.51 bits per heavy atom. The van der Waals surface area contributed by atoms with Crippen molar-refractivity contribution in [2.24, 2.45) is 0 Å². The van der Waals surface area contributed by atoms with E-state index >= 15 is 0 Å². The van der Waals surface area contributed by atoms with E-state index in [1.54, 1.807) is 43.5 Å². The van der Waals surface area contributed by atoms with E-state index < -0.39 is 11.9 Å². The zero-order valence-corrected chi connectivity index (χ0v) is 33.3. The second-order valence-electron chi connectivity index (χ2n) is 15.0. The SMILES string of the molecule is COc1cc(N2CCN(C(=O)CCCCC#Cc3cccc4c3CN(C3CCC(=O)NC3=O)C4=O)CC2)ccc1Nc1ncc2c(n1)N(C)c1ccccc1C(=O)N2C. The number of unbranched alkanes of at least 4 members (excludes halogenated alkanes) is 2. The Balaban J connectivity index is 0.814. The van der Waals surface area contributed by atoms with Crippen molar-refractivity contribution in [3.8, 4) is 17.6 Å². The van der Waals surface area contributed by atoms with Crippen LogP contribution in [0.3, 0.4) is 0 Å². The molecule has 0 aliphatic carbocycles. The van der Waals surface area contributed by atoms with E-state index in [4.69, 9.17) is 9.72 Å². The highest BCUT2D eigenvalue weighted by atomic mass is 16.5. The average molecular weight is 796 g/mol. The van der Waals surface area contributed by atoms with E-state index in [-0.39, 0.29) is 36.6 Å². The Kier molecular flexibility index (Phi) is 10.9. The van der Waals surface area contributed by atoms with Crippen molar-refractivity contribution in [1.29, 1.82) is 0 Å². The van der Waals surface area contributed by atoms with Crippen molar-refractivity contribution in [3.05, 3.63) is 89.1 Å².